The molecule has 6 nitrogen and oxygen atoms in total. The molecule has 0 radical (unpaired) electrons. The lowest BCUT2D eigenvalue weighted by Gasteiger charge is -2.39. The van der Waals surface area contributed by atoms with Gasteiger partial charge in [-0.05, 0) is 44.7 Å². The van der Waals surface area contributed by atoms with E-state index in [2.05, 4.69) is 21.8 Å². The Hall–Kier alpha value is -2.63. The third-order valence-electron chi connectivity index (χ3n) is 5.29. The second-order valence-electron chi connectivity index (χ2n) is 6.82. The van der Waals surface area contributed by atoms with Gasteiger partial charge in [-0.2, -0.15) is 0 Å². The molecule has 0 bridgehead atoms. The van der Waals surface area contributed by atoms with Crippen molar-refractivity contribution in [3.63, 3.8) is 0 Å². The molecule has 3 aromatic rings. The van der Waals surface area contributed by atoms with Gasteiger partial charge in [-0.3, -0.25) is 0 Å². The molecule has 1 aliphatic heterocycles. The van der Waals surface area contributed by atoms with Crippen molar-refractivity contribution in [3.05, 3.63) is 39.9 Å². The number of nitrogens with zero attached hydrogens (tertiary/aromatic N) is 3. The molecule has 0 saturated carbocycles. The molecule has 2 aliphatic rings. The van der Waals surface area contributed by atoms with Gasteiger partial charge in [-0.15, -0.1) is 0 Å². The smallest absolute Gasteiger partial charge is 0.323 e. The number of nitrogens with one attached hydrogen (secondary N) is 2. The Labute approximate surface area is 139 Å². The molecule has 0 amide bonds. The maximum absolute atomic E-state index is 11.5. The van der Waals surface area contributed by atoms with Crippen LogP contribution in [-0.2, 0) is 12.8 Å². The van der Waals surface area contributed by atoms with Crippen molar-refractivity contribution in [3.8, 4) is 11.3 Å². The third-order valence-corrected chi connectivity index (χ3v) is 5.29. The summed E-state index contributed by atoms with van der Waals surface area (Å²) in [4.78, 5) is 29.2. The molecule has 6 heteroatoms. The van der Waals surface area contributed by atoms with Gasteiger partial charge in [0.05, 0.1) is 16.7 Å². The normalized spacial score (nSPS) is 19.5. The highest BCUT2D eigenvalue weighted by molar-refractivity contribution is 5.81. The van der Waals surface area contributed by atoms with Crippen LogP contribution in [0.15, 0.2) is 23.0 Å². The molecular weight excluding hydrogens is 302 g/mol. The number of aromatic amines is 2. The lowest BCUT2D eigenvalue weighted by atomic mass is 10.0. The van der Waals surface area contributed by atoms with Gasteiger partial charge in [0.15, 0.2) is 0 Å². The number of benzene rings is 1. The Balaban J connectivity index is 1.69. The summed E-state index contributed by atoms with van der Waals surface area (Å²) in [5.74, 6) is 0.854. The minimum absolute atomic E-state index is 0.176. The van der Waals surface area contributed by atoms with Crippen LogP contribution in [0.4, 0.5) is 5.95 Å². The van der Waals surface area contributed by atoms with E-state index in [1.54, 1.807) is 0 Å². The van der Waals surface area contributed by atoms with Crippen LogP contribution in [0.3, 0.4) is 0 Å². The molecule has 0 unspecified atom stereocenters. The van der Waals surface area contributed by atoms with E-state index >= 15 is 0 Å². The zero-order chi connectivity index (χ0) is 16.3. The van der Waals surface area contributed by atoms with Crippen molar-refractivity contribution in [2.24, 2.45) is 0 Å². The first kappa shape index (κ1) is 13.8. The minimum Gasteiger partial charge on any atom is -0.338 e. The molecule has 2 N–H and O–H groups in total. The Morgan fingerprint density at radius 2 is 2.04 bits per heavy atom. The van der Waals surface area contributed by atoms with Crippen LogP contribution in [0.1, 0.15) is 31.0 Å². The van der Waals surface area contributed by atoms with Crippen molar-refractivity contribution < 1.29 is 0 Å². The number of fused-ring (bicyclic) bond motifs is 2. The SMILES string of the molecule is C[C@H]1CCN1c1nc2c(c(-c3ccc4[nH]c(=O)[nH]c4c3)n1)CCC2. The Morgan fingerprint density at radius 3 is 2.83 bits per heavy atom. The molecule has 1 aromatic carbocycles. The monoisotopic (exact) mass is 321 g/mol. The number of hydrogen-bond donors (Lipinski definition) is 2. The Kier molecular flexibility index (Phi) is 2.83. The van der Waals surface area contributed by atoms with Crippen molar-refractivity contribution in [1.82, 2.24) is 19.9 Å². The standard InChI is InChI=1S/C18H19N5O/c1-10-7-8-23(10)17-19-13-4-2-3-12(13)16(22-17)11-5-6-14-15(9-11)21-18(24)20-14/h5-6,9-10H,2-4,7-8H2,1H3,(H2,20,21,24)/t10-/m0/s1. The summed E-state index contributed by atoms with van der Waals surface area (Å²) in [5, 5.41) is 0. The molecule has 24 heavy (non-hydrogen) atoms. The molecule has 122 valence electrons. The highest BCUT2D eigenvalue weighted by Crippen LogP contribution is 2.34. The quantitative estimate of drug-likeness (QED) is 0.760. The van der Waals surface area contributed by atoms with Crippen LogP contribution >= 0.6 is 0 Å². The molecule has 1 aliphatic carbocycles. The van der Waals surface area contributed by atoms with E-state index in [0.717, 1.165) is 54.0 Å². The number of anilines is 1. The average Bonchev–Trinajstić information content (AvgIpc) is 3.16. The second-order valence-corrected chi connectivity index (χ2v) is 6.82. The van der Waals surface area contributed by atoms with Gasteiger partial charge in [0, 0.05) is 29.4 Å². The minimum atomic E-state index is -0.176. The van der Waals surface area contributed by atoms with Crippen molar-refractivity contribution >= 4 is 17.0 Å². The molecule has 5 rings (SSSR count). The van der Waals surface area contributed by atoms with Crippen molar-refractivity contribution in [2.45, 2.75) is 38.6 Å². The molecule has 3 heterocycles. The second kappa shape index (κ2) is 4.93. The molecule has 1 fully saturated rings. The average molecular weight is 321 g/mol. The number of aromatic nitrogens is 4. The number of aryl methyl sites for hydroxylation is 1. The summed E-state index contributed by atoms with van der Waals surface area (Å²) in [7, 11) is 0. The van der Waals surface area contributed by atoms with E-state index in [1.165, 1.54) is 17.7 Å². The van der Waals surface area contributed by atoms with Gasteiger partial charge in [-0.1, -0.05) is 6.07 Å². The van der Waals surface area contributed by atoms with E-state index in [4.69, 9.17) is 9.97 Å². The Bertz CT molecular complexity index is 1000. The number of hydrogen-bond acceptors (Lipinski definition) is 4. The fraction of sp³-hybridized carbons (Fsp3) is 0.389. The summed E-state index contributed by atoms with van der Waals surface area (Å²) >= 11 is 0. The van der Waals surface area contributed by atoms with Gasteiger partial charge in [0.25, 0.3) is 0 Å². The van der Waals surface area contributed by atoms with E-state index in [0.29, 0.717) is 6.04 Å². The first-order valence-electron chi connectivity index (χ1n) is 8.58. The summed E-state index contributed by atoms with van der Waals surface area (Å²) in [6.07, 6.45) is 4.40. The topological polar surface area (TPSA) is 77.7 Å². The fourth-order valence-corrected chi connectivity index (χ4v) is 3.78. The molecule has 2 aromatic heterocycles. The molecule has 1 atom stereocenters. The van der Waals surface area contributed by atoms with E-state index < -0.39 is 0 Å². The highest BCUT2D eigenvalue weighted by Gasteiger charge is 2.29. The van der Waals surface area contributed by atoms with Crippen LogP contribution < -0.4 is 10.6 Å². The molecule has 0 spiro atoms. The third kappa shape index (κ3) is 1.99. The summed E-state index contributed by atoms with van der Waals surface area (Å²) in [5.41, 5.74) is 6.00. The predicted octanol–water partition coefficient (Wildman–Crippen LogP) is 2.40. The molecular formula is C18H19N5O. The van der Waals surface area contributed by atoms with Crippen molar-refractivity contribution in [2.75, 3.05) is 11.4 Å². The van der Waals surface area contributed by atoms with Crippen LogP contribution in [0.25, 0.3) is 22.3 Å². The summed E-state index contributed by atoms with van der Waals surface area (Å²) in [6.45, 7) is 3.25. The maximum atomic E-state index is 11.5. The van der Waals surface area contributed by atoms with Gasteiger partial charge in [0.2, 0.25) is 5.95 Å². The van der Waals surface area contributed by atoms with E-state index in [1.807, 2.05) is 18.2 Å². The van der Waals surface area contributed by atoms with Crippen LogP contribution in [0, 0.1) is 0 Å². The van der Waals surface area contributed by atoms with Gasteiger partial charge in [0.1, 0.15) is 0 Å². The Morgan fingerprint density at radius 1 is 1.17 bits per heavy atom. The first-order valence-corrected chi connectivity index (χ1v) is 8.58. The lowest BCUT2D eigenvalue weighted by Crippen LogP contribution is -2.46. The number of H-pyrrole nitrogens is 2. The predicted molar refractivity (Wildman–Crippen MR) is 93.4 cm³/mol. The van der Waals surface area contributed by atoms with E-state index in [9.17, 15) is 4.79 Å². The van der Waals surface area contributed by atoms with Crippen LogP contribution in [0.5, 0.6) is 0 Å². The zero-order valence-corrected chi connectivity index (χ0v) is 13.6. The van der Waals surface area contributed by atoms with Crippen molar-refractivity contribution in [1.29, 1.82) is 0 Å². The number of rotatable bonds is 2. The van der Waals surface area contributed by atoms with Crippen LogP contribution in [-0.4, -0.2) is 32.5 Å². The summed E-state index contributed by atoms with van der Waals surface area (Å²) in [6, 6.07) is 6.51. The largest absolute Gasteiger partial charge is 0.338 e. The van der Waals surface area contributed by atoms with Gasteiger partial charge < -0.3 is 14.9 Å². The maximum Gasteiger partial charge on any atom is 0.323 e. The lowest BCUT2D eigenvalue weighted by molar-refractivity contribution is 0.470. The van der Waals surface area contributed by atoms with Gasteiger partial charge in [-0.25, -0.2) is 14.8 Å². The number of imidazole rings is 1. The molecule has 1 saturated heterocycles. The fourth-order valence-electron chi connectivity index (χ4n) is 3.78. The first-order chi connectivity index (χ1) is 11.7. The van der Waals surface area contributed by atoms with E-state index in [-0.39, 0.29) is 5.69 Å². The van der Waals surface area contributed by atoms with Gasteiger partial charge >= 0.3 is 5.69 Å². The highest BCUT2D eigenvalue weighted by atomic mass is 16.1. The van der Waals surface area contributed by atoms with Crippen LogP contribution in [0.2, 0.25) is 0 Å². The zero-order valence-electron chi connectivity index (χ0n) is 13.6. The summed E-state index contributed by atoms with van der Waals surface area (Å²) < 4.78 is 0.